The minimum atomic E-state index is 0.479. The maximum Gasteiger partial charge on any atom is 0.149 e. The lowest BCUT2D eigenvalue weighted by molar-refractivity contribution is -0.104. The molecular weight excluding hydrogens is 112 g/mol. The molecule has 0 spiro atoms. The van der Waals surface area contributed by atoms with Gasteiger partial charge in [0.15, 0.2) is 0 Å². The Morgan fingerprint density at radius 1 is 1.56 bits per heavy atom. The highest BCUT2D eigenvalue weighted by molar-refractivity contribution is 5.76. The van der Waals surface area contributed by atoms with Crippen molar-refractivity contribution in [2.75, 3.05) is 0 Å². The number of hydrogen-bond acceptors (Lipinski definition) is 1. The van der Waals surface area contributed by atoms with E-state index in [-0.39, 0.29) is 0 Å². The molecule has 0 aliphatic heterocycles. The molecule has 0 radical (unpaired) electrons. The number of rotatable bonds is 3. The van der Waals surface area contributed by atoms with Gasteiger partial charge in [0.25, 0.3) is 0 Å². The van der Waals surface area contributed by atoms with Gasteiger partial charge in [-0.05, 0) is 13.0 Å². The fourth-order valence-electron chi connectivity index (χ4n) is 0.385. The highest BCUT2D eigenvalue weighted by Gasteiger charge is 1.82. The first-order chi connectivity index (χ1) is 4.20. The van der Waals surface area contributed by atoms with E-state index in [1.54, 1.807) is 12.2 Å². The molecule has 0 aromatic heterocycles. The first-order valence-corrected chi connectivity index (χ1v) is 2.65. The zero-order valence-electron chi connectivity index (χ0n) is 5.55. The summed E-state index contributed by atoms with van der Waals surface area (Å²) >= 11 is 0. The molecule has 0 aliphatic rings. The summed E-state index contributed by atoms with van der Waals surface area (Å²) in [6.45, 7) is 8.85. The van der Waals surface area contributed by atoms with Crippen molar-refractivity contribution in [3.05, 3.63) is 36.5 Å². The molecule has 0 bridgehead atoms. The first-order valence-electron chi connectivity index (χ1n) is 2.65. The normalized spacial score (nSPS) is 10.6. The Hall–Kier alpha value is -1.11. The molecule has 0 fully saturated rings. The summed E-state index contributed by atoms with van der Waals surface area (Å²) in [5, 5.41) is 0. The fourth-order valence-corrected chi connectivity index (χ4v) is 0.385. The van der Waals surface area contributed by atoms with E-state index in [2.05, 4.69) is 13.2 Å². The molecule has 0 rings (SSSR count). The zero-order valence-corrected chi connectivity index (χ0v) is 5.55. The number of carbonyl (C=O) groups is 1. The SMILES string of the molecule is C=C/C(C)=C\C(=C)C=O. The second-order valence-electron chi connectivity index (χ2n) is 1.79. The lowest BCUT2D eigenvalue weighted by Crippen LogP contribution is -1.75. The van der Waals surface area contributed by atoms with Gasteiger partial charge in [-0.25, -0.2) is 0 Å². The zero-order chi connectivity index (χ0) is 7.28. The molecule has 1 heteroatoms. The highest BCUT2D eigenvalue weighted by atomic mass is 16.1. The summed E-state index contributed by atoms with van der Waals surface area (Å²) in [6, 6.07) is 0. The topological polar surface area (TPSA) is 17.1 Å². The molecule has 0 saturated heterocycles. The smallest absolute Gasteiger partial charge is 0.149 e. The van der Waals surface area contributed by atoms with Gasteiger partial charge in [-0.15, -0.1) is 0 Å². The summed E-state index contributed by atoms with van der Waals surface area (Å²) in [6.07, 6.45) is 4.07. The van der Waals surface area contributed by atoms with Crippen molar-refractivity contribution in [1.29, 1.82) is 0 Å². The Bertz CT molecular complexity index is 163. The van der Waals surface area contributed by atoms with Gasteiger partial charge in [-0.3, -0.25) is 4.79 Å². The van der Waals surface area contributed by atoms with Crippen LogP contribution in [0.3, 0.4) is 0 Å². The fraction of sp³-hybridized carbons (Fsp3) is 0.125. The van der Waals surface area contributed by atoms with Crippen LogP contribution in [0.4, 0.5) is 0 Å². The van der Waals surface area contributed by atoms with Gasteiger partial charge in [-0.1, -0.05) is 24.8 Å². The maximum atomic E-state index is 9.98. The second kappa shape index (κ2) is 3.84. The maximum absolute atomic E-state index is 9.98. The van der Waals surface area contributed by atoms with Crippen molar-refractivity contribution in [3.63, 3.8) is 0 Å². The second-order valence-corrected chi connectivity index (χ2v) is 1.79. The number of allylic oxidation sites excluding steroid dienone is 4. The van der Waals surface area contributed by atoms with Gasteiger partial charge in [0.2, 0.25) is 0 Å². The molecule has 0 aliphatic carbocycles. The molecule has 0 saturated carbocycles. The van der Waals surface area contributed by atoms with Gasteiger partial charge in [0.1, 0.15) is 6.29 Å². The van der Waals surface area contributed by atoms with E-state index in [0.29, 0.717) is 11.9 Å². The minimum Gasteiger partial charge on any atom is -0.298 e. The van der Waals surface area contributed by atoms with Crippen LogP contribution in [0.25, 0.3) is 0 Å². The van der Waals surface area contributed by atoms with E-state index in [1.807, 2.05) is 6.92 Å². The Labute approximate surface area is 55.4 Å². The summed E-state index contributed by atoms with van der Waals surface area (Å²) in [5.74, 6) is 0. The van der Waals surface area contributed by atoms with E-state index in [1.165, 1.54) is 0 Å². The van der Waals surface area contributed by atoms with Crippen molar-refractivity contribution in [2.45, 2.75) is 6.92 Å². The van der Waals surface area contributed by atoms with Crippen LogP contribution in [0.2, 0.25) is 0 Å². The molecule has 9 heavy (non-hydrogen) atoms. The summed E-state index contributed by atoms with van der Waals surface area (Å²) in [5.41, 5.74) is 1.43. The van der Waals surface area contributed by atoms with Crippen LogP contribution in [-0.2, 0) is 4.79 Å². The van der Waals surface area contributed by atoms with Gasteiger partial charge in [0, 0.05) is 5.57 Å². The molecule has 1 nitrogen and oxygen atoms in total. The molecule has 0 unspecified atom stereocenters. The summed E-state index contributed by atoms with van der Waals surface area (Å²) in [7, 11) is 0. The van der Waals surface area contributed by atoms with E-state index in [0.717, 1.165) is 5.57 Å². The lowest BCUT2D eigenvalue weighted by atomic mass is 10.2. The van der Waals surface area contributed by atoms with Crippen LogP contribution >= 0.6 is 0 Å². The average molecular weight is 122 g/mol. The Kier molecular flexibility index (Phi) is 3.37. The highest BCUT2D eigenvalue weighted by Crippen LogP contribution is 1.96. The lowest BCUT2D eigenvalue weighted by Gasteiger charge is -1.87. The Morgan fingerprint density at radius 2 is 2.11 bits per heavy atom. The Morgan fingerprint density at radius 3 is 2.44 bits per heavy atom. The predicted octanol–water partition coefficient (Wildman–Crippen LogP) is 1.87. The minimum absolute atomic E-state index is 0.479. The molecule has 0 aromatic carbocycles. The van der Waals surface area contributed by atoms with E-state index in [4.69, 9.17) is 0 Å². The van der Waals surface area contributed by atoms with Gasteiger partial charge in [0.05, 0.1) is 0 Å². The largest absolute Gasteiger partial charge is 0.298 e. The number of aldehydes is 1. The molecule has 0 atom stereocenters. The summed E-state index contributed by atoms with van der Waals surface area (Å²) in [4.78, 5) is 9.98. The van der Waals surface area contributed by atoms with Crippen LogP contribution < -0.4 is 0 Å². The van der Waals surface area contributed by atoms with Crippen molar-refractivity contribution in [2.24, 2.45) is 0 Å². The predicted molar refractivity (Wildman–Crippen MR) is 39.2 cm³/mol. The molecule has 0 heterocycles. The van der Waals surface area contributed by atoms with Crippen molar-refractivity contribution in [1.82, 2.24) is 0 Å². The van der Waals surface area contributed by atoms with E-state index < -0.39 is 0 Å². The van der Waals surface area contributed by atoms with Crippen LogP contribution in [0, 0.1) is 0 Å². The quantitative estimate of drug-likeness (QED) is 0.317. The molecule has 0 aromatic rings. The monoisotopic (exact) mass is 122 g/mol. The first kappa shape index (κ1) is 7.89. The molecule has 48 valence electrons. The molecule has 0 amide bonds. The third-order valence-corrected chi connectivity index (χ3v) is 0.886. The van der Waals surface area contributed by atoms with Crippen molar-refractivity contribution < 1.29 is 4.79 Å². The van der Waals surface area contributed by atoms with E-state index >= 15 is 0 Å². The van der Waals surface area contributed by atoms with E-state index in [9.17, 15) is 4.79 Å². The standard InChI is InChI=1S/C8H10O/c1-4-7(2)5-8(3)6-9/h4-6H,1,3H2,2H3/b7-5-. The van der Waals surface area contributed by atoms with Crippen molar-refractivity contribution >= 4 is 6.29 Å². The van der Waals surface area contributed by atoms with Crippen LogP contribution in [0.1, 0.15) is 6.92 Å². The molecular formula is C8H10O. The number of hydrogen-bond donors (Lipinski definition) is 0. The third-order valence-electron chi connectivity index (χ3n) is 0.886. The van der Waals surface area contributed by atoms with Crippen molar-refractivity contribution in [3.8, 4) is 0 Å². The van der Waals surface area contributed by atoms with Crippen LogP contribution in [-0.4, -0.2) is 6.29 Å². The van der Waals surface area contributed by atoms with Gasteiger partial charge >= 0.3 is 0 Å². The Balaban J connectivity index is 4.10. The summed E-state index contributed by atoms with van der Waals surface area (Å²) < 4.78 is 0. The third kappa shape index (κ3) is 3.47. The average Bonchev–Trinajstić information content (AvgIpc) is 1.87. The van der Waals surface area contributed by atoms with Crippen LogP contribution in [0.15, 0.2) is 36.5 Å². The van der Waals surface area contributed by atoms with Crippen LogP contribution in [0.5, 0.6) is 0 Å². The number of carbonyl (C=O) groups excluding carboxylic acids is 1. The van der Waals surface area contributed by atoms with Gasteiger partial charge in [-0.2, -0.15) is 0 Å². The molecule has 0 N–H and O–H groups in total. The van der Waals surface area contributed by atoms with Gasteiger partial charge < -0.3 is 0 Å².